The van der Waals surface area contributed by atoms with E-state index >= 15 is 0 Å². The minimum atomic E-state index is -1.16. The van der Waals surface area contributed by atoms with Gasteiger partial charge in [-0.15, -0.1) is 0 Å². The van der Waals surface area contributed by atoms with E-state index in [4.69, 9.17) is 10.8 Å². The summed E-state index contributed by atoms with van der Waals surface area (Å²) < 4.78 is 0. The lowest BCUT2D eigenvalue weighted by atomic mass is 9.92. The fourth-order valence-electron chi connectivity index (χ4n) is 1.49. The molecule has 15 heavy (non-hydrogen) atoms. The summed E-state index contributed by atoms with van der Waals surface area (Å²) in [5.74, 6) is -1.33. The van der Waals surface area contributed by atoms with Gasteiger partial charge in [0, 0.05) is 0 Å². The van der Waals surface area contributed by atoms with E-state index in [9.17, 15) is 9.59 Å². The number of hydrogen-bond acceptors (Lipinski definition) is 3. The van der Waals surface area contributed by atoms with Crippen molar-refractivity contribution in [1.29, 1.82) is 0 Å². The second-order valence-electron chi connectivity index (χ2n) is 4.20. The number of carbonyl (C=O) groups excluding carboxylic acids is 1. The van der Waals surface area contributed by atoms with Crippen LogP contribution < -0.4 is 11.1 Å². The van der Waals surface area contributed by atoms with E-state index in [1.165, 1.54) is 0 Å². The van der Waals surface area contributed by atoms with Gasteiger partial charge in [0.25, 0.3) is 0 Å². The molecule has 0 aromatic carbocycles. The van der Waals surface area contributed by atoms with Gasteiger partial charge in [0.15, 0.2) is 0 Å². The molecule has 0 saturated heterocycles. The number of amides is 1. The molecule has 1 aliphatic carbocycles. The average Bonchev–Trinajstić information content (AvgIpc) is 2.93. The maximum Gasteiger partial charge on any atom is 0.329 e. The van der Waals surface area contributed by atoms with Crippen molar-refractivity contribution in [2.24, 2.45) is 5.73 Å². The molecular formula is C10H18N2O3. The molecule has 0 spiro atoms. The van der Waals surface area contributed by atoms with Gasteiger partial charge in [0.2, 0.25) is 5.91 Å². The van der Waals surface area contributed by atoms with Gasteiger partial charge in [0.05, 0.1) is 5.54 Å². The Hall–Kier alpha value is -1.10. The first kappa shape index (κ1) is 12.0. The first-order valence-electron chi connectivity index (χ1n) is 5.25. The molecule has 0 bridgehead atoms. The van der Waals surface area contributed by atoms with Gasteiger partial charge >= 0.3 is 5.97 Å². The van der Waals surface area contributed by atoms with Crippen molar-refractivity contribution >= 4 is 11.9 Å². The summed E-state index contributed by atoms with van der Waals surface area (Å²) in [6, 6.07) is 0. The maximum atomic E-state index is 11.7. The topological polar surface area (TPSA) is 92.4 Å². The highest BCUT2D eigenvalue weighted by Gasteiger charge is 2.49. The largest absolute Gasteiger partial charge is 0.480 e. The summed E-state index contributed by atoms with van der Waals surface area (Å²) in [5, 5.41) is 11.7. The van der Waals surface area contributed by atoms with Gasteiger partial charge in [-0.3, -0.25) is 4.79 Å². The monoisotopic (exact) mass is 214 g/mol. The first-order chi connectivity index (χ1) is 6.90. The van der Waals surface area contributed by atoms with E-state index in [0.717, 1.165) is 0 Å². The summed E-state index contributed by atoms with van der Waals surface area (Å²) >= 11 is 0. The lowest BCUT2D eigenvalue weighted by Gasteiger charge is -2.29. The standard InChI is InChI=1S/C10H18N2O3/c1-3-10(4-2,8(14)15)12-7(13)9(11)5-6-9/h3-6,11H2,1-2H3,(H,12,13)(H,14,15). The molecule has 0 heterocycles. The Balaban J connectivity index is 2.74. The summed E-state index contributed by atoms with van der Waals surface area (Å²) in [6.07, 6.45) is 2.01. The van der Waals surface area contributed by atoms with Crippen molar-refractivity contribution in [1.82, 2.24) is 5.32 Å². The second-order valence-corrected chi connectivity index (χ2v) is 4.20. The lowest BCUT2D eigenvalue weighted by Crippen LogP contribution is -2.58. The number of carboxylic acids is 1. The Morgan fingerprint density at radius 2 is 1.87 bits per heavy atom. The van der Waals surface area contributed by atoms with Crippen LogP contribution in [0, 0.1) is 0 Å². The van der Waals surface area contributed by atoms with Crippen LogP contribution in [0.1, 0.15) is 39.5 Å². The van der Waals surface area contributed by atoms with E-state index in [0.29, 0.717) is 25.7 Å². The molecule has 1 amide bonds. The van der Waals surface area contributed by atoms with Crippen molar-refractivity contribution < 1.29 is 14.7 Å². The highest BCUT2D eigenvalue weighted by molar-refractivity contribution is 5.93. The predicted molar refractivity (Wildman–Crippen MR) is 55.2 cm³/mol. The quantitative estimate of drug-likeness (QED) is 0.611. The normalized spacial score (nSPS) is 18.3. The van der Waals surface area contributed by atoms with Crippen molar-refractivity contribution in [3.05, 3.63) is 0 Å². The molecular weight excluding hydrogens is 196 g/mol. The van der Waals surface area contributed by atoms with Crippen molar-refractivity contribution in [3.8, 4) is 0 Å². The smallest absolute Gasteiger partial charge is 0.329 e. The van der Waals surface area contributed by atoms with Gasteiger partial charge in [-0.25, -0.2) is 4.79 Å². The van der Waals surface area contributed by atoms with Crippen molar-refractivity contribution in [3.63, 3.8) is 0 Å². The lowest BCUT2D eigenvalue weighted by molar-refractivity contribution is -0.148. The molecule has 0 aromatic rings. The van der Waals surface area contributed by atoms with Gasteiger partial charge in [-0.05, 0) is 25.7 Å². The number of carbonyl (C=O) groups is 2. The zero-order valence-corrected chi connectivity index (χ0v) is 9.17. The predicted octanol–water partition coefficient (Wildman–Crippen LogP) is 0.237. The minimum absolute atomic E-state index is 0.339. The highest BCUT2D eigenvalue weighted by Crippen LogP contribution is 2.33. The van der Waals surface area contributed by atoms with E-state index in [1.807, 2.05) is 0 Å². The minimum Gasteiger partial charge on any atom is -0.480 e. The molecule has 0 aromatic heterocycles. The molecule has 1 fully saturated rings. The van der Waals surface area contributed by atoms with Crippen LogP contribution in [0.25, 0.3) is 0 Å². The highest BCUT2D eigenvalue weighted by atomic mass is 16.4. The summed E-state index contributed by atoms with van der Waals surface area (Å²) in [6.45, 7) is 3.49. The van der Waals surface area contributed by atoms with E-state index in [2.05, 4.69) is 5.32 Å². The zero-order chi connectivity index (χ0) is 11.7. The molecule has 1 aliphatic rings. The van der Waals surface area contributed by atoms with Gasteiger partial charge < -0.3 is 16.2 Å². The molecule has 5 nitrogen and oxygen atoms in total. The molecule has 0 aliphatic heterocycles. The molecule has 0 radical (unpaired) electrons. The molecule has 0 unspecified atom stereocenters. The third-order valence-electron chi connectivity index (χ3n) is 3.21. The SMILES string of the molecule is CCC(CC)(NC(=O)C1(N)CC1)C(=O)O. The summed E-state index contributed by atoms with van der Waals surface area (Å²) in [4.78, 5) is 22.8. The summed E-state index contributed by atoms with van der Waals surface area (Å²) in [5.41, 5.74) is 3.73. The second kappa shape index (κ2) is 3.81. The van der Waals surface area contributed by atoms with E-state index in [1.54, 1.807) is 13.8 Å². The van der Waals surface area contributed by atoms with Gasteiger partial charge in [0.1, 0.15) is 5.54 Å². The Kier molecular flexibility index (Phi) is 3.04. The van der Waals surface area contributed by atoms with Crippen molar-refractivity contribution in [2.45, 2.75) is 50.6 Å². The number of carboxylic acid groups (broad SMARTS) is 1. The van der Waals surface area contributed by atoms with E-state index < -0.39 is 17.0 Å². The van der Waals surface area contributed by atoms with Gasteiger partial charge in [-0.1, -0.05) is 13.8 Å². The third-order valence-corrected chi connectivity index (χ3v) is 3.21. The number of nitrogens with one attached hydrogen (secondary N) is 1. The average molecular weight is 214 g/mol. The maximum absolute atomic E-state index is 11.7. The Bertz CT molecular complexity index is 280. The van der Waals surface area contributed by atoms with Crippen LogP contribution in [0.4, 0.5) is 0 Å². The first-order valence-corrected chi connectivity index (χ1v) is 5.25. The number of nitrogens with two attached hydrogens (primary N) is 1. The molecule has 1 rings (SSSR count). The Morgan fingerprint density at radius 3 is 2.13 bits per heavy atom. The summed E-state index contributed by atoms with van der Waals surface area (Å²) in [7, 11) is 0. The van der Waals surface area contributed by atoms with E-state index in [-0.39, 0.29) is 5.91 Å². The van der Waals surface area contributed by atoms with Crippen LogP contribution in [0.5, 0.6) is 0 Å². The fourth-order valence-corrected chi connectivity index (χ4v) is 1.49. The number of rotatable bonds is 5. The molecule has 5 heteroatoms. The van der Waals surface area contributed by atoms with Crippen LogP contribution in [-0.2, 0) is 9.59 Å². The van der Waals surface area contributed by atoms with Crippen molar-refractivity contribution in [2.75, 3.05) is 0 Å². The van der Waals surface area contributed by atoms with Crippen LogP contribution >= 0.6 is 0 Å². The van der Waals surface area contributed by atoms with Crippen LogP contribution in [-0.4, -0.2) is 28.1 Å². The molecule has 0 atom stereocenters. The fraction of sp³-hybridized carbons (Fsp3) is 0.800. The molecule has 4 N–H and O–H groups in total. The Labute approximate surface area is 89.0 Å². The van der Waals surface area contributed by atoms with Crippen LogP contribution in [0.3, 0.4) is 0 Å². The number of aliphatic carboxylic acids is 1. The Morgan fingerprint density at radius 1 is 1.40 bits per heavy atom. The van der Waals surface area contributed by atoms with Crippen LogP contribution in [0.15, 0.2) is 0 Å². The molecule has 1 saturated carbocycles. The zero-order valence-electron chi connectivity index (χ0n) is 9.17. The number of hydrogen-bond donors (Lipinski definition) is 3. The van der Waals surface area contributed by atoms with Gasteiger partial charge in [-0.2, -0.15) is 0 Å². The molecule has 86 valence electrons. The third kappa shape index (κ3) is 2.12. The van der Waals surface area contributed by atoms with Crippen LogP contribution in [0.2, 0.25) is 0 Å².